The van der Waals surface area contributed by atoms with E-state index in [1.165, 1.54) is 0 Å². The highest BCUT2D eigenvalue weighted by Crippen LogP contribution is 2.33. The van der Waals surface area contributed by atoms with E-state index in [1.807, 2.05) is 42.5 Å². The van der Waals surface area contributed by atoms with E-state index in [4.69, 9.17) is 14.2 Å². The number of aliphatic hydroxyl groups excluding tert-OH is 2. The molecule has 4 rings (SSSR count). The number of para-hydroxylation sites is 1. The summed E-state index contributed by atoms with van der Waals surface area (Å²) in [5, 5.41) is 23.7. The van der Waals surface area contributed by atoms with Gasteiger partial charge in [0.1, 0.15) is 29.5 Å². The van der Waals surface area contributed by atoms with Crippen LogP contribution in [0.25, 0.3) is 0 Å². The fourth-order valence-electron chi connectivity index (χ4n) is 5.84. The zero-order chi connectivity index (χ0) is 30.1. The van der Waals surface area contributed by atoms with Crippen molar-refractivity contribution in [3.8, 4) is 17.2 Å². The number of ether oxygens (including phenoxy) is 3. The van der Waals surface area contributed by atoms with Crippen LogP contribution in [-0.4, -0.2) is 79.1 Å². The van der Waals surface area contributed by atoms with E-state index in [1.54, 1.807) is 25.2 Å². The summed E-state index contributed by atoms with van der Waals surface area (Å²) in [5.41, 5.74) is 1.29. The minimum absolute atomic E-state index is 0.0436. The summed E-state index contributed by atoms with van der Waals surface area (Å²) in [6, 6.07) is 12.3. The van der Waals surface area contributed by atoms with Crippen LogP contribution in [0.1, 0.15) is 44.1 Å². The van der Waals surface area contributed by atoms with Crippen LogP contribution in [-0.2, 0) is 16.0 Å². The minimum Gasteiger partial charge on any atom is -0.497 e. The molecule has 3 atom stereocenters. The highest BCUT2D eigenvalue weighted by molar-refractivity contribution is 14.1. The molecule has 0 spiro atoms. The van der Waals surface area contributed by atoms with E-state index in [0.29, 0.717) is 48.1 Å². The van der Waals surface area contributed by atoms with Gasteiger partial charge in [-0.05, 0) is 89.7 Å². The van der Waals surface area contributed by atoms with Crippen molar-refractivity contribution in [3.05, 3.63) is 63.2 Å². The first kappa shape index (κ1) is 32.1. The largest absolute Gasteiger partial charge is 0.497 e. The molecule has 9 nitrogen and oxygen atoms in total. The zero-order valence-electron chi connectivity index (χ0n) is 24.3. The normalized spacial score (nSPS) is 20.5. The van der Waals surface area contributed by atoms with Crippen LogP contribution in [0.4, 0.5) is 0 Å². The number of aliphatic hydroxyl groups is 2. The molecule has 1 fully saturated rings. The summed E-state index contributed by atoms with van der Waals surface area (Å²) >= 11 is 2.17. The van der Waals surface area contributed by atoms with Gasteiger partial charge in [-0.15, -0.1) is 0 Å². The lowest BCUT2D eigenvalue weighted by Gasteiger charge is -2.41. The van der Waals surface area contributed by atoms with Gasteiger partial charge in [0.15, 0.2) is 0 Å². The van der Waals surface area contributed by atoms with E-state index >= 15 is 0 Å². The van der Waals surface area contributed by atoms with Crippen molar-refractivity contribution in [2.45, 2.75) is 63.2 Å². The molecule has 0 heterocycles. The second kappa shape index (κ2) is 15.6. The highest BCUT2D eigenvalue weighted by atomic mass is 127. The first-order valence-electron chi connectivity index (χ1n) is 14.5. The Bertz CT molecular complexity index is 1250. The monoisotopic (exact) mass is 692 g/mol. The Kier molecular flexibility index (Phi) is 11.9. The average molecular weight is 693 g/mol. The molecule has 2 aliphatic rings. The summed E-state index contributed by atoms with van der Waals surface area (Å²) in [6.45, 7) is 0.227. The van der Waals surface area contributed by atoms with Crippen LogP contribution >= 0.6 is 22.6 Å². The Morgan fingerprint density at radius 3 is 2.52 bits per heavy atom. The first-order valence-corrected chi connectivity index (χ1v) is 15.6. The van der Waals surface area contributed by atoms with Crippen LogP contribution in [0.15, 0.2) is 54.1 Å². The van der Waals surface area contributed by atoms with Gasteiger partial charge in [0.25, 0.3) is 0 Å². The Labute approximate surface area is 261 Å². The number of amides is 2. The molecule has 0 bridgehead atoms. The number of nitrogens with one attached hydrogen (secondary N) is 1. The van der Waals surface area contributed by atoms with Crippen LogP contribution in [0, 0.1) is 9.49 Å². The van der Waals surface area contributed by atoms with Gasteiger partial charge in [-0.25, -0.2) is 0 Å². The van der Waals surface area contributed by atoms with Gasteiger partial charge in [-0.3, -0.25) is 9.59 Å². The number of nitrogens with zero attached hydrogens (tertiary/aromatic N) is 1. The van der Waals surface area contributed by atoms with Gasteiger partial charge in [-0.2, -0.15) is 0 Å². The maximum absolute atomic E-state index is 14.0. The SMILES string of the molecule is COc1ccc(OC)c(CCN(C(=O)CC2CCCC2)C2CC(C(=O)NCCO)=CC(Oc3ccccc3I)C2O)c1. The standard InChI is InChI=1S/C32H41IN2O7/c1-40-24-11-12-27(41-2)22(18-24)13-15-35(30(37)17-21-7-3-4-8-21)26-19-23(32(39)34-14-16-36)20-29(31(26)38)42-28-10-6-5-9-25(28)33/h5-6,9-12,18,20-21,26,29,31,36,38H,3-4,7-8,13-17,19H2,1-2H3,(H,34,39). The van der Waals surface area contributed by atoms with E-state index in [0.717, 1.165) is 34.8 Å². The van der Waals surface area contributed by atoms with Crippen molar-refractivity contribution in [1.29, 1.82) is 0 Å². The van der Waals surface area contributed by atoms with Crippen LogP contribution in [0.3, 0.4) is 0 Å². The Balaban J connectivity index is 1.66. The van der Waals surface area contributed by atoms with Gasteiger partial charge >= 0.3 is 0 Å². The second-order valence-corrected chi connectivity index (χ2v) is 12.0. The molecule has 10 heteroatoms. The topological polar surface area (TPSA) is 118 Å². The molecular weight excluding hydrogens is 651 g/mol. The van der Waals surface area contributed by atoms with Crippen LogP contribution in [0.5, 0.6) is 17.2 Å². The number of carbonyl (C=O) groups excluding carboxylic acids is 2. The van der Waals surface area contributed by atoms with Gasteiger partial charge in [0, 0.05) is 31.5 Å². The smallest absolute Gasteiger partial charge is 0.247 e. The maximum Gasteiger partial charge on any atom is 0.247 e. The minimum atomic E-state index is -1.07. The molecule has 2 aliphatic carbocycles. The summed E-state index contributed by atoms with van der Waals surface area (Å²) in [6.07, 6.45) is 5.01. The number of carbonyl (C=O) groups is 2. The number of rotatable bonds is 13. The van der Waals surface area contributed by atoms with Crippen molar-refractivity contribution in [1.82, 2.24) is 10.2 Å². The molecule has 0 radical (unpaired) electrons. The third kappa shape index (κ3) is 8.17. The summed E-state index contributed by atoms with van der Waals surface area (Å²) < 4.78 is 18.1. The lowest BCUT2D eigenvalue weighted by molar-refractivity contribution is -0.139. The van der Waals surface area contributed by atoms with Gasteiger partial charge < -0.3 is 34.6 Å². The van der Waals surface area contributed by atoms with Crippen molar-refractivity contribution < 1.29 is 34.0 Å². The summed E-state index contributed by atoms with van der Waals surface area (Å²) in [4.78, 5) is 28.8. The second-order valence-electron chi connectivity index (χ2n) is 10.8. The van der Waals surface area contributed by atoms with Crippen molar-refractivity contribution in [2.75, 3.05) is 33.9 Å². The molecule has 42 heavy (non-hydrogen) atoms. The Morgan fingerprint density at radius 1 is 1.07 bits per heavy atom. The number of hydrogen-bond acceptors (Lipinski definition) is 7. The van der Waals surface area contributed by atoms with Crippen LogP contribution < -0.4 is 19.5 Å². The molecule has 1 saturated carbocycles. The molecule has 0 saturated heterocycles. The Morgan fingerprint density at radius 2 is 1.83 bits per heavy atom. The summed E-state index contributed by atoms with van der Waals surface area (Å²) in [7, 11) is 3.21. The molecule has 3 unspecified atom stereocenters. The lowest BCUT2D eigenvalue weighted by Crippen LogP contribution is -2.55. The van der Waals surface area contributed by atoms with Gasteiger partial charge in [0.05, 0.1) is 30.4 Å². The molecule has 228 valence electrons. The maximum atomic E-state index is 14.0. The van der Waals surface area contributed by atoms with Crippen molar-refractivity contribution in [2.24, 2.45) is 5.92 Å². The van der Waals surface area contributed by atoms with E-state index in [-0.39, 0.29) is 31.4 Å². The first-order chi connectivity index (χ1) is 20.3. The third-order valence-corrected chi connectivity index (χ3v) is 8.97. The molecule has 2 amide bonds. The number of halogens is 1. The van der Waals surface area contributed by atoms with Gasteiger partial charge in [0.2, 0.25) is 11.8 Å². The van der Waals surface area contributed by atoms with Crippen molar-refractivity contribution >= 4 is 34.4 Å². The number of hydrogen-bond donors (Lipinski definition) is 3. The van der Waals surface area contributed by atoms with E-state index in [2.05, 4.69) is 27.9 Å². The lowest BCUT2D eigenvalue weighted by atomic mass is 9.87. The van der Waals surface area contributed by atoms with E-state index < -0.39 is 18.2 Å². The number of benzene rings is 2. The molecule has 2 aromatic carbocycles. The molecule has 2 aromatic rings. The van der Waals surface area contributed by atoms with Crippen molar-refractivity contribution in [3.63, 3.8) is 0 Å². The number of methoxy groups -OCH3 is 2. The molecule has 0 aromatic heterocycles. The quantitative estimate of drug-likeness (QED) is 0.273. The molecule has 3 N–H and O–H groups in total. The predicted molar refractivity (Wildman–Crippen MR) is 168 cm³/mol. The fraction of sp³-hybridized carbons (Fsp3) is 0.500. The molecular formula is C32H41IN2O7. The third-order valence-electron chi connectivity index (χ3n) is 8.08. The fourth-order valence-corrected chi connectivity index (χ4v) is 6.35. The van der Waals surface area contributed by atoms with Crippen LogP contribution in [0.2, 0.25) is 0 Å². The van der Waals surface area contributed by atoms with Gasteiger partial charge in [-0.1, -0.05) is 25.0 Å². The average Bonchev–Trinajstić information content (AvgIpc) is 3.51. The molecule has 0 aliphatic heterocycles. The Hall–Kier alpha value is -2.83. The highest BCUT2D eigenvalue weighted by Gasteiger charge is 2.41. The van der Waals surface area contributed by atoms with E-state index in [9.17, 15) is 19.8 Å². The predicted octanol–water partition coefficient (Wildman–Crippen LogP) is 3.88. The zero-order valence-corrected chi connectivity index (χ0v) is 26.4. The summed E-state index contributed by atoms with van der Waals surface area (Å²) in [5.74, 6) is 1.87.